The fraction of sp³-hybridized carbons (Fsp3) is 0.448. The van der Waals surface area contributed by atoms with Crippen molar-refractivity contribution in [2.45, 2.75) is 49.7 Å². The van der Waals surface area contributed by atoms with Crippen LogP contribution in [0.5, 0.6) is 5.75 Å². The molecule has 1 saturated carbocycles. The average Bonchev–Trinajstić information content (AvgIpc) is 2.87. The standard InChI is InChI=1S/C29H36N2O4/c1-5-17-31-18-16-28(24-12-9-13-26(19-24)34-4)20-25(14-15-29(28,21-31)35-22(2)32)30(3)27(33)23-10-7-6-8-11-23/h5-13,19,25H,1,14-18,20-21H2,2-4H3/t25-,28?,29?/m0/s1. The summed E-state index contributed by atoms with van der Waals surface area (Å²) in [5, 5.41) is 0. The lowest BCUT2D eigenvalue weighted by molar-refractivity contribution is -0.188. The Labute approximate surface area is 208 Å². The highest BCUT2D eigenvalue weighted by molar-refractivity contribution is 5.94. The number of ether oxygens (including phenoxy) is 2. The van der Waals surface area contributed by atoms with Crippen LogP contribution in [-0.4, -0.2) is 67.1 Å². The van der Waals surface area contributed by atoms with E-state index in [1.165, 1.54) is 6.92 Å². The van der Waals surface area contributed by atoms with Gasteiger partial charge in [-0.05, 0) is 62.1 Å². The van der Waals surface area contributed by atoms with Crippen molar-refractivity contribution in [1.82, 2.24) is 9.80 Å². The van der Waals surface area contributed by atoms with Crippen molar-refractivity contribution in [1.29, 1.82) is 0 Å². The fourth-order valence-electron chi connectivity index (χ4n) is 6.20. The summed E-state index contributed by atoms with van der Waals surface area (Å²) in [4.78, 5) is 30.0. The van der Waals surface area contributed by atoms with Crippen LogP contribution < -0.4 is 4.74 Å². The number of rotatable bonds is 7. The monoisotopic (exact) mass is 476 g/mol. The summed E-state index contributed by atoms with van der Waals surface area (Å²) >= 11 is 0. The van der Waals surface area contributed by atoms with Crippen LogP contribution in [-0.2, 0) is 14.9 Å². The van der Waals surface area contributed by atoms with Crippen LogP contribution in [0.1, 0.15) is 48.5 Å². The molecule has 186 valence electrons. The Morgan fingerprint density at radius 3 is 2.63 bits per heavy atom. The van der Waals surface area contributed by atoms with E-state index in [1.54, 1.807) is 7.11 Å². The van der Waals surface area contributed by atoms with Gasteiger partial charge in [0.25, 0.3) is 5.91 Å². The number of hydrogen-bond acceptors (Lipinski definition) is 5. The largest absolute Gasteiger partial charge is 0.497 e. The number of likely N-dealkylation sites (tertiary alicyclic amines) is 1. The summed E-state index contributed by atoms with van der Waals surface area (Å²) in [6.07, 6.45) is 4.86. The van der Waals surface area contributed by atoms with Gasteiger partial charge in [0.05, 0.1) is 7.11 Å². The Kier molecular flexibility index (Phi) is 7.31. The predicted molar refractivity (Wildman–Crippen MR) is 137 cm³/mol. The molecule has 1 aliphatic heterocycles. The fourth-order valence-corrected chi connectivity index (χ4v) is 6.20. The highest BCUT2D eigenvalue weighted by Gasteiger charge is 2.61. The molecule has 35 heavy (non-hydrogen) atoms. The van der Waals surface area contributed by atoms with Crippen LogP contribution in [0.2, 0.25) is 0 Å². The molecule has 0 aromatic heterocycles. The molecule has 0 bridgehead atoms. The highest BCUT2D eigenvalue weighted by Crippen LogP contribution is 2.54. The number of carbonyl (C=O) groups is 2. The summed E-state index contributed by atoms with van der Waals surface area (Å²) in [7, 11) is 3.56. The zero-order chi connectivity index (χ0) is 25.1. The first-order chi connectivity index (χ1) is 16.8. The van der Waals surface area contributed by atoms with Crippen LogP contribution in [0.4, 0.5) is 0 Å². The predicted octanol–water partition coefficient (Wildman–Crippen LogP) is 4.45. The topological polar surface area (TPSA) is 59.1 Å². The number of hydrogen-bond donors (Lipinski definition) is 0. The number of piperidine rings is 1. The molecule has 1 aliphatic carbocycles. The molecule has 0 radical (unpaired) electrons. The van der Waals surface area contributed by atoms with E-state index < -0.39 is 11.0 Å². The smallest absolute Gasteiger partial charge is 0.303 e. The maximum absolute atomic E-state index is 13.3. The Balaban J connectivity index is 1.77. The Morgan fingerprint density at radius 1 is 1.17 bits per heavy atom. The average molecular weight is 477 g/mol. The lowest BCUT2D eigenvalue weighted by atomic mass is 9.55. The molecule has 6 heteroatoms. The molecule has 2 aromatic rings. The van der Waals surface area contributed by atoms with Gasteiger partial charge < -0.3 is 14.4 Å². The second kappa shape index (κ2) is 10.2. The molecule has 1 amide bonds. The Morgan fingerprint density at radius 2 is 1.94 bits per heavy atom. The van der Waals surface area contributed by atoms with Gasteiger partial charge in [0.2, 0.25) is 0 Å². The molecule has 2 aliphatic rings. The zero-order valence-corrected chi connectivity index (χ0v) is 21.0. The first-order valence-corrected chi connectivity index (χ1v) is 12.3. The van der Waals surface area contributed by atoms with Gasteiger partial charge in [0.1, 0.15) is 11.4 Å². The van der Waals surface area contributed by atoms with Crippen molar-refractivity contribution in [3.05, 3.63) is 78.4 Å². The number of carbonyl (C=O) groups excluding carboxylic acids is 2. The van der Waals surface area contributed by atoms with E-state index >= 15 is 0 Å². The molecule has 0 N–H and O–H groups in total. The molecule has 0 spiro atoms. The third-order valence-corrected chi connectivity index (χ3v) is 7.91. The molecule has 2 fully saturated rings. The summed E-state index contributed by atoms with van der Waals surface area (Å²) in [6, 6.07) is 17.6. The summed E-state index contributed by atoms with van der Waals surface area (Å²) in [6.45, 7) is 7.65. The third kappa shape index (κ3) is 4.72. The molecule has 2 aromatic carbocycles. The van der Waals surface area contributed by atoms with Gasteiger partial charge in [-0.25, -0.2) is 0 Å². The number of esters is 1. The molecule has 3 atom stereocenters. The lowest BCUT2D eigenvalue weighted by Gasteiger charge is -2.60. The quantitative estimate of drug-likeness (QED) is 0.437. The number of amides is 1. The number of methoxy groups -OCH3 is 1. The summed E-state index contributed by atoms with van der Waals surface area (Å²) in [5.74, 6) is 0.517. The Bertz CT molecular complexity index is 1070. The van der Waals surface area contributed by atoms with E-state index in [2.05, 4.69) is 23.6 Å². The van der Waals surface area contributed by atoms with Crippen molar-refractivity contribution in [3.8, 4) is 5.75 Å². The van der Waals surface area contributed by atoms with Crippen LogP contribution in [0.15, 0.2) is 67.3 Å². The minimum atomic E-state index is -0.695. The van der Waals surface area contributed by atoms with E-state index in [0.717, 1.165) is 37.2 Å². The summed E-state index contributed by atoms with van der Waals surface area (Å²) < 4.78 is 11.9. The molecule has 2 unspecified atom stereocenters. The van der Waals surface area contributed by atoms with Gasteiger partial charge in [-0.2, -0.15) is 0 Å². The molecule has 6 nitrogen and oxygen atoms in total. The maximum atomic E-state index is 13.3. The van der Waals surface area contributed by atoms with Crippen molar-refractivity contribution < 1.29 is 19.1 Å². The number of nitrogens with zero attached hydrogens (tertiary/aromatic N) is 2. The van der Waals surface area contributed by atoms with Crippen molar-refractivity contribution in [3.63, 3.8) is 0 Å². The number of fused-ring (bicyclic) bond motifs is 1. The minimum Gasteiger partial charge on any atom is -0.497 e. The van der Waals surface area contributed by atoms with Gasteiger partial charge in [-0.1, -0.05) is 36.4 Å². The summed E-state index contributed by atoms with van der Waals surface area (Å²) in [5.41, 5.74) is 0.642. The first kappa shape index (κ1) is 25.0. The molecule has 1 saturated heterocycles. The van der Waals surface area contributed by atoms with E-state index in [-0.39, 0.29) is 17.9 Å². The molecular formula is C29H36N2O4. The minimum absolute atomic E-state index is 0.0143. The third-order valence-electron chi connectivity index (χ3n) is 7.91. The van der Waals surface area contributed by atoms with Crippen molar-refractivity contribution >= 4 is 11.9 Å². The molecule has 4 rings (SSSR count). The lowest BCUT2D eigenvalue weighted by Crippen LogP contribution is -2.68. The van der Waals surface area contributed by atoms with Gasteiger partial charge in [-0.3, -0.25) is 14.5 Å². The van der Waals surface area contributed by atoms with Crippen LogP contribution in [0.3, 0.4) is 0 Å². The SMILES string of the molecule is C=CCN1CCC2(c3cccc(OC)c3)C[C@@H](N(C)C(=O)c3ccccc3)CCC2(OC(C)=O)C1. The van der Waals surface area contributed by atoms with E-state index in [9.17, 15) is 9.59 Å². The van der Waals surface area contributed by atoms with Crippen LogP contribution in [0.25, 0.3) is 0 Å². The first-order valence-electron chi connectivity index (χ1n) is 12.3. The van der Waals surface area contributed by atoms with Crippen molar-refractivity contribution in [2.75, 3.05) is 33.8 Å². The van der Waals surface area contributed by atoms with Crippen LogP contribution >= 0.6 is 0 Å². The van der Waals surface area contributed by atoms with Gasteiger partial charge >= 0.3 is 5.97 Å². The van der Waals surface area contributed by atoms with Gasteiger partial charge in [0.15, 0.2) is 0 Å². The van der Waals surface area contributed by atoms with Gasteiger partial charge in [0, 0.05) is 44.1 Å². The van der Waals surface area contributed by atoms with E-state index in [1.807, 2.05) is 60.5 Å². The highest BCUT2D eigenvalue weighted by atomic mass is 16.6. The van der Waals surface area contributed by atoms with Gasteiger partial charge in [-0.15, -0.1) is 6.58 Å². The Hall–Kier alpha value is -3.12. The van der Waals surface area contributed by atoms with E-state index in [4.69, 9.17) is 9.47 Å². The second-order valence-corrected chi connectivity index (χ2v) is 9.85. The maximum Gasteiger partial charge on any atom is 0.303 e. The van der Waals surface area contributed by atoms with Crippen LogP contribution in [0, 0.1) is 0 Å². The normalized spacial score (nSPS) is 26.3. The zero-order valence-electron chi connectivity index (χ0n) is 21.0. The van der Waals surface area contributed by atoms with E-state index in [0.29, 0.717) is 24.9 Å². The second-order valence-electron chi connectivity index (χ2n) is 9.85. The molecular weight excluding hydrogens is 440 g/mol. The van der Waals surface area contributed by atoms with Crippen molar-refractivity contribution in [2.24, 2.45) is 0 Å². The molecule has 1 heterocycles. The number of benzene rings is 2.